The average Bonchev–Trinajstić information content (AvgIpc) is 3.58. The van der Waals surface area contributed by atoms with Crippen molar-refractivity contribution in [2.45, 2.75) is 56.7 Å². The molecule has 1 saturated carbocycles. The summed E-state index contributed by atoms with van der Waals surface area (Å²) >= 11 is 1.34. The zero-order valence-corrected chi connectivity index (χ0v) is 19.8. The van der Waals surface area contributed by atoms with Crippen LogP contribution < -0.4 is 16.8 Å². The Kier molecular flexibility index (Phi) is 7.55. The highest BCUT2D eigenvalue weighted by molar-refractivity contribution is 7.15. The number of thiophene rings is 1. The summed E-state index contributed by atoms with van der Waals surface area (Å²) in [5.74, 6) is 0.0893. The van der Waals surface area contributed by atoms with Gasteiger partial charge in [0, 0.05) is 35.7 Å². The van der Waals surface area contributed by atoms with Crippen molar-refractivity contribution in [3.8, 4) is 0 Å². The zero-order chi connectivity index (χ0) is 23.4. The number of hydrogen-bond donors (Lipinski definition) is 3. The minimum atomic E-state index is -0.526. The van der Waals surface area contributed by atoms with E-state index in [2.05, 4.69) is 11.9 Å². The number of nitrogens with one attached hydrogen (secondary N) is 1. The molecule has 0 spiro atoms. The molecule has 3 aliphatic rings. The molecular formula is C25H34N4O3S. The van der Waals surface area contributed by atoms with Gasteiger partial charge in [0.1, 0.15) is 6.04 Å². The number of nitrogens with two attached hydrogens (primary N) is 2. The molecule has 2 saturated heterocycles. The van der Waals surface area contributed by atoms with Gasteiger partial charge in [-0.3, -0.25) is 9.59 Å². The van der Waals surface area contributed by atoms with Crippen molar-refractivity contribution in [3.63, 3.8) is 0 Å². The van der Waals surface area contributed by atoms with E-state index in [1.807, 2.05) is 17.0 Å². The highest BCUT2D eigenvalue weighted by atomic mass is 32.1. The summed E-state index contributed by atoms with van der Waals surface area (Å²) in [5, 5.41) is 3.11. The fraction of sp³-hybridized carbons (Fsp3) is 0.520. The number of amides is 2. The van der Waals surface area contributed by atoms with Gasteiger partial charge in [-0.1, -0.05) is 25.3 Å². The molecule has 5 N–H and O–H groups in total. The van der Waals surface area contributed by atoms with Gasteiger partial charge in [-0.25, -0.2) is 0 Å². The summed E-state index contributed by atoms with van der Waals surface area (Å²) in [4.78, 5) is 30.4. The van der Waals surface area contributed by atoms with Crippen LogP contribution in [0, 0.1) is 11.8 Å². The standard InChI is InChI=1S/C25H34N4O3S/c1-2-16-15-29(19-11-13-32-23(16)19)25(31)22(17-6-4-3-5-7-17)28-24(30)21-9-8-20(33-21)18(14-27)10-12-26/h2,8-10,12,14,16-17,19,22-23H,1,3-7,11,13,15,26-27H2,(H,28,30)/b12-10-,18-14+/t16-,19+,22-,23?/m0/s1. The molecule has 3 heterocycles. The maximum absolute atomic E-state index is 13.8. The van der Waals surface area contributed by atoms with Crippen LogP contribution in [0.2, 0.25) is 0 Å². The van der Waals surface area contributed by atoms with Crippen LogP contribution in [0.4, 0.5) is 0 Å². The molecule has 178 valence electrons. The number of nitrogens with zero attached hydrogens (tertiary/aromatic N) is 1. The van der Waals surface area contributed by atoms with Gasteiger partial charge in [0.25, 0.3) is 5.91 Å². The van der Waals surface area contributed by atoms with Crippen molar-refractivity contribution in [1.29, 1.82) is 0 Å². The minimum Gasteiger partial charge on any atom is -0.405 e. The van der Waals surface area contributed by atoms with Crippen molar-refractivity contribution in [2.75, 3.05) is 13.2 Å². The predicted molar refractivity (Wildman–Crippen MR) is 131 cm³/mol. The first-order valence-corrected chi connectivity index (χ1v) is 12.6. The van der Waals surface area contributed by atoms with Gasteiger partial charge in [0.15, 0.2) is 0 Å². The molecule has 2 amide bonds. The van der Waals surface area contributed by atoms with Gasteiger partial charge >= 0.3 is 0 Å². The number of fused-ring (bicyclic) bond motifs is 1. The van der Waals surface area contributed by atoms with Crippen LogP contribution in [0.15, 0.2) is 43.3 Å². The molecule has 2 aliphatic heterocycles. The molecule has 1 aromatic heterocycles. The zero-order valence-electron chi connectivity index (χ0n) is 18.9. The first-order valence-electron chi connectivity index (χ1n) is 11.8. The molecule has 1 aromatic rings. The number of carbonyl (C=O) groups excluding carboxylic acids is 2. The average molecular weight is 471 g/mol. The molecule has 1 unspecified atom stereocenters. The van der Waals surface area contributed by atoms with Gasteiger partial charge < -0.3 is 26.4 Å². The SMILES string of the molecule is C=C[C@H]1CN(C(=O)[C@@H](NC(=O)c2ccc(C(/C=C\N)=C/N)s2)C2CCCCC2)[C@@H]2CCOC21. The summed E-state index contributed by atoms with van der Waals surface area (Å²) in [6.07, 6.45) is 12.6. The molecule has 33 heavy (non-hydrogen) atoms. The summed E-state index contributed by atoms with van der Waals surface area (Å²) in [7, 11) is 0. The number of hydrogen-bond acceptors (Lipinski definition) is 6. The van der Waals surface area contributed by atoms with Crippen molar-refractivity contribution >= 4 is 28.7 Å². The topological polar surface area (TPSA) is 111 Å². The third-order valence-electron chi connectivity index (χ3n) is 7.16. The van der Waals surface area contributed by atoms with Crippen LogP contribution in [-0.2, 0) is 9.53 Å². The molecule has 8 heteroatoms. The van der Waals surface area contributed by atoms with E-state index in [4.69, 9.17) is 16.2 Å². The van der Waals surface area contributed by atoms with Crippen molar-refractivity contribution < 1.29 is 14.3 Å². The van der Waals surface area contributed by atoms with Crippen LogP contribution in [0.5, 0.6) is 0 Å². The molecule has 3 fully saturated rings. The molecule has 1 aliphatic carbocycles. The second-order valence-electron chi connectivity index (χ2n) is 9.08. The van der Waals surface area contributed by atoms with Crippen LogP contribution in [-0.4, -0.2) is 48.1 Å². The van der Waals surface area contributed by atoms with E-state index in [1.165, 1.54) is 30.2 Å². The predicted octanol–water partition coefficient (Wildman–Crippen LogP) is 3.00. The Bertz CT molecular complexity index is 934. The molecule has 0 bridgehead atoms. The Labute approximate surface area is 199 Å². The Hall–Kier alpha value is -2.58. The number of allylic oxidation sites excluding steroid dienone is 2. The smallest absolute Gasteiger partial charge is 0.262 e. The highest BCUT2D eigenvalue weighted by Gasteiger charge is 2.48. The molecule has 0 aromatic carbocycles. The van der Waals surface area contributed by atoms with Gasteiger partial charge in [-0.15, -0.1) is 17.9 Å². The molecular weight excluding hydrogens is 436 g/mol. The summed E-state index contributed by atoms with van der Waals surface area (Å²) in [5.41, 5.74) is 11.9. The van der Waals surface area contributed by atoms with Crippen LogP contribution in [0.1, 0.15) is 53.1 Å². The highest BCUT2D eigenvalue weighted by Crippen LogP contribution is 2.36. The first-order chi connectivity index (χ1) is 16.1. The number of ether oxygens (including phenoxy) is 1. The monoisotopic (exact) mass is 470 g/mol. The fourth-order valence-electron chi connectivity index (χ4n) is 5.45. The van der Waals surface area contributed by atoms with Gasteiger partial charge in [-0.2, -0.15) is 0 Å². The van der Waals surface area contributed by atoms with E-state index in [0.29, 0.717) is 18.0 Å². The number of likely N-dealkylation sites (tertiary alicyclic amines) is 1. The molecule has 4 atom stereocenters. The second-order valence-corrected chi connectivity index (χ2v) is 10.2. The lowest BCUT2D eigenvalue weighted by molar-refractivity contribution is -0.136. The van der Waals surface area contributed by atoms with E-state index in [-0.39, 0.29) is 35.8 Å². The lowest BCUT2D eigenvalue weighted by Gasteiger charge is -2.34. The van der Waals surface area contributed by atoms with E-state index in [0.717, 1.165) is 42.6 Å². The fourth-order valence-corrected chi connectivity index (χ4v) is 6.36. The van der Waals surface area contributed by atoms with Gasteiger partial charge in [0.2, 0.25) is 5.91 Å². The van der Waals surface area contributed by atoms with Crippen LogP contribution >= 0.6 is 11.3 Å². The summed E-state index contributed by atoms with van der Waals surface area (Å²) in [6, 6.07) is 3.17. The number of rotatable bonds is 7. The molecule has 4 rings (SSSR count). The van der Waals surface area contributed by atoms with Crippen molar-refractivity contribution in [2.24, 2.45) is 23.3 Å². The molecule has 7 nitrogen and oxygen atoms in total. The summed E-state index contributed by atoms with van der Waals surface area (Å²) < 4.78 is 5.91. The van der Waals surface area contributed by atoms with Crippen LogP contribution in [0.3, 0.4) is 0 Å². The largest absolute Gasteiger partial charge is 0.405 e. The van der Waals surface area contributed by atoms with E-state index < -0.39 is 6.04 Å². The van der Waals surface area contributed by atoms with Gasteiger partial charge in [0.05, 0.1) is 17.0 Å². The van der Waals surface area contributed by atoms with E-state index >= 15 is 0 Å². The Morgan fingerprint density at radius 1 is 1.18 bits per heavy atom. The quantitative estimate of drug-likeness (QED) is 0.419. The third kappa shape index (κ3) is 4.87. The lowest BCUT2D eigenvalue weighted by atomic mass is 9.83. The van der Waals surface area contributed by atoms with E-state index in [1.54, 1.807) is 12.1 Å². The van der Waals surface area contributed by atoms with Gasteiger partial charge in [-0.05, 0) is 49.6 Å². The Balaban J connectivity index is 1.54. The van der Waals surface area contributed by atoms with Crippen molar-refractivity contribution in [3.05, 3.63) is 53.0 Å². The normalized spacial score (nSPS) is 27.0. The second kappa shape index (κ2) is 10.6. The third-order valence-corrected chi connectivity index (χ3v) is 8.30. The number of carbonyl (C=O) groups is 2. The maximum Gasteiger partial charge on any atom is 0.262 e. The maximum atomic E-state index is 13.8. The Morgan fingerprint density at radius 3 is 2.64 bits per heavy atom. The first kappa shape index (κ1) is 23.6. The minimum absolute atomic E-state index is 0.0190. The van der Waals surface area contributed by atoms with Crippen LogP contribution in [0.25, 0.3) is 5.57 Å². The summed E-state index contributed by atoms with van der Waals surface area (Å²) in [6.45, 7) is 5.21. The lowest BCUT2D eigenvalue weighted by Crippen LogP contribution is -2.54. The van der Waals surface area contributed by atoms with E-state index in [9.17, 15) is 9.59 Å². The Morgan fingerprint density at radius 2 is 1.94 bits per heavy atom. The molecule has 0 radical (unpaired) electrons. The van der Waals surface area contributed by atoms with Crippen molar-refractivity contribution in [1.82, 2.24) is 10.2 Å².